The molecule has 0 bridgehead atoms. The SMILES string of the molecule is Cc1c(Cl)cccc1-n1sc2c(c1=S)-c1ccccc1NC2(C)C. The van der Waals surface area contributed by atoms with Gasteiger partial charge in [0.25, 0.3) is 0 Å². The fraction of sp³-hybridized carbons (Fsp3) is 0.211. The molecule has 0 amide bonds. The van der Waals surface area contributed by atoms with Crippen molar-refractivity contribution in [3.05, 3.63) is 62.6 Å². The molecule has 1 N–H and O–H groups in total. The van der Waals surface area contributed by atoms with Gasteiger partial charge in [-0.25, -0.2) is 0 Å². The smallest absolute Gasteiger partial charge is 0.129 e. The van der Waals surface area contributed by atoms with Crippen molar-refractivity contribution in [2.24, 2.45) is 0 Å². The van der Waals surface area contributed by atoms with E-state index < -0.39 is 0 Å². The number of anilines is 1. The molecule has 1 aliphatic rings. The highest BCUT2D eigenvalue weighted by molar-refractivity contribution is 7.71. The standard InChI is InChI=1S/C19H17ClN2S2/c1-11-13(20)8-6-10-15(11)22-18(23)16-12-7-4-5-9-14(12)21-19(2,3)17(16)24-22/h4-10,21H,1-3H3. The highest BCUT2D eigenvalue weighted by atomic mass is 35.5. The molecule has 0 saturated heterocycles. The average molecular weight is 373 g/mol. The van der Waals surface area contributed by atoms with Crippen molar-refractivity contribution in [3.8, 4) is 16.8 Å². The van der Waals surface area contributed by atoms with E-state index in [4.69, 9.17) is 23.8 Å². The van der Waals surface area contributed by atoms with Gasteiger partial charge in [0.1, 0.15) is 4.64 Å². The molecule has 0 aliphatic carbocycles. The summed E-state index contributed by atoms with van der Waals surface area (Å²) in [5.74, 6) is 0. The Bertz CT molecular complexity index is 1010. The van der Waals surface area contributed by atoms with Crippen LogP contribution >= 0.6 is 35.4 Å². The number of nitrogens with one attached hydrogen (secondary N) is 1. The lowest BCUT2D eigenvalue weighted by Gasteiger charge is -2.33. The molecule has 2 aromatic carbocycles. The number of aromatic nitrogens is 1. The maximum atomic E-state index is 6.32. The minimum absolute atomic E-state index is 0.167. The van der Waals surface area contributed by atoms with Crippen LogP contribution in [0, 0.1) is 11.6 Å². The van der Waals surface area contributed by atoms with Crippen molar-refractivity contribution in [1.82, 2.24) is 3.96 Å². The zero-order valence-corrected chi connectivity index (χ0v) is 16.1. The van der Waals surface area contributed by atoms with E-state index in [-0.39, 0.29) is 5.54 Å². The van der Waals surface area contributed by atoms with Gasteiger partial charge in [-0.1, -0.05) is 59.6 Å². The van der Waals surface area contributed by atoms with Crippen molar-refractivity contribution in [3.63, 3.8) is 0 Å². The molecule has 0 spiro atoms. The summed E-state index contributed by atoms with van der Waals surface area (Å²) in [5.41, 5.74) is 5.40. The Kier molecular flexibility index (Phi) is 3.60. The second-order valence-electron chi connectivity index (χ2n) is 6.57. The van der Waals surface area contributed by atoms with E-state index >= 15 is 0 Å². The number of benzene rings is 2. The van der Waals surface area contributed by atoms with Crippen LogP contribution in [0.4, 0.5) is 5.69 Å². The van der Waals surface area contributed by atoms with Gasteiger partial charge in [-0.2, -0.15) is 0 Å². The first-order valence-corrected chi connectivity index (χ1v) is 9.36. The summed E-state index contributed by atoms with van der Waals surface area (Å²) in [6.45, 7) is 6.43. The van der Waals surface area contributed by atoms with Gasteiger partial charge in [-0.15, -0.1) is 0 Å². The lowest BCUT2D eigenvalue weighted by atomic mass is 9.90. The zero-order valence-electron chi connectivity index (χ0n) is 13.7. The van der Waals surface area contributed by atoms with Crippen molar-refractivity contribution in [2.75, 3.05) is 5.32 Å². The monoisotopic (exact) mass is 372 g/mol. The number of halogens is 1. The molecule has 0 saturated carbocycles. The van der Waals surface area contributed by atoms with Crippen molar-refractivity contribution in [2.45, 2.75) is 26.3 Å². The Morgan fingerprint density at radius 1 is 1.12 bits per heavy atom. The molecule has 24 heavy (non-hydrogen) atoms. The molecule has 0 radical (unpaired) electrons. The van der Waals surface area contributed by atoms with Crippen LogP contribution in [0.25, 0.3) is 16.8 Å². The fourth-order valence-electron chi connectivity index (χ4n) is 3.22. The van der Waals surface area contributed by atoms with Crippen LogP contribution in [0.2, 0.25) is 5.02 Å². The normalized spacial score (nSPS) is 14.7. The van der Waals surface area contributed by atoms with Gasteiger partial charge in [0, 0.05) is 21.8 Å². The second kappa shape index (κ2) is 5.45. The molecule has 5 heteroatoms. The van der Waals surface area contributed by atoms with Gasteiger partial charge in [-0.05, 0) is 44.5 Å². The maximum absolute atomic E-state index is 6.32. The molecule has 0 fully saturated rings. The molecule has 2 heterocycles. The van der Waals surface area contributed by atoms with E-state index in [2.05, 4.69) is 53.5 Å². The van der Waals surface area contributed by atoms with Gasteiger partial charge in [-0.3, -0.25) is 3.96 Å². The summed E-state index contributed by atoms with van der Waals surface area (Å²) in [4.78, 5) is 1.26. The Hall–Kier alpha value is -1.62. The Morgan fingerprint density at radius 3 is 2.67 bits per heavy atom. The average Bonchev–Trinajstić information content (AvgIpc) is 2.89. The van der Waals surface area contributed by atoms with Gasteiger partial charge in [0.15, 0.2) is 0 Å². The predicted octanol–water partition coefficient (Wildman–Crippen LogP) is 6.56. The number of hydrogen-bond acceptors (Lipinski definition) is 3. The lowest BCUT2D eigenvalue weighted by Crippen LogP contribution is -2.30. The highest BCUT2D eigenvalue weighted by Gasteiger charge is 2.34. The van der Waals surface area contributed by atoms with E-state index in [1.54, 1.807) is 11.5 Å². The van der Waals surface area contributed by atoms with E-state index in [0.717, 1.165) is 32.2 Å². The van der Waals surface area contributed by atoms with Gasteiger partial charge < -0.3 is 5.32 Å². The number of hydrogen-bond donors (Lipinski definition) is 1. The van der Waals surface area contributed by atoms with Gasteiger partial charge in [0.05, 0.1) is 16.1 Å². The number of nitrogens with zero attached hydrogens (tertiary/aromatic N) is 1. The van der Waals surface area contributed by atoms with Crippen LogP contribution in [0.5, 0.6) is 0 Å². The molecule has 0 atom stereocenters. The van der Waals surface area contributed by atoms with Crippen LogP contribution in [-0.4, -0.2) is 3.96 Å². The van der Waals surface area contributed by atoms with E-state index in [1.807, 2.05) is 19.1 Å². The van der Waals surface area contributed by atoms with Crippen LogP contribution in [0.1, 0.15) is 24.3 Å². The Balaban J connectivity index is 2.05. The summed E-state index contributed by atoms with van der Waals surface area (Å²) in [6.07, 6.45) is 0. The Labute approximate surface area is 155 Å². The molecule has 122 valence electrons. The topological polar surface area (TPSA) is 17.0 Å². The summed E-state index contributed by atoms with van der Waals surface area (Å²) in [6, 6.07) is 14.3. The largest absolute Gasteiger partial charge is 0.375 e. The molecular weight excluding hydrogens is 356 g/mol. The summed E-state index contributed by atoms with van der Waals surface area (Å²) >= 11 is 13.9. The predicted molar refractivity (Wildman–Crippen MR) is 106 cm³/mol. The fourth-order valence-corrected chi connectivity index (χ4v) is 5.11. The number of para-hydroxylation sites is 1. The summed E-state index contributed by atoms with van der Waals surface area (Å²) < 4.78 is 2.98. The van der Waals surface area contributed by atoms with E-state index in [1.165, 1.54) is 10.4 Å². The molecule has 2 nitrogen and oxygen atoms in total. The van der Waals surface area contributed by atoms with Crippen LogP contribution in [-0.2, 0) is 5.54 Å². The van der Waals surface area contributed by atoms with Crippen LogP contribution in [0.15, 0.2) is 42.5 Å². The first kappa shape index (κ1) is 15.9. The van der Waals surface area contributed by atoms with E-state index in [9.17, 15) is 0 Å². The van der Waals surface area contributed by atoms with Crippen molar-refractivity contribution in [1.29, 1.82) is 0 Å². The van der Waals surface area contributed by atoms with Crippen molar-refractivity contribution >= 4 is 41.0 Å². The molecular formula is C19H17ClN2S2. The zero-order chi connectivity index (χ0) is 17.1. The number of rotatable bonds is 1. The van der Waals surface area contributed by atoms with Crippen LogP contribution in [0.3, 0.4) is 0 Å². The minimum Gasteiger partial charge on any atom is -0.375 e. The van der Waals surface area contributed by atoms with Crippen LogP contribution < -0.4 is 5.32 Å². The van der Waals surface area contributed by atoms with Gasteiger partial charge >= 0.3 is 0 Å². The van der Waals surface area contributed by atoms with E-state index in [0.29, 0.717) is 0 Å². The first-order chi connectivity index (χ1) is 11.4. The first-order valence-electron chi connectivity index (χ1n) is 7.80. The van der Waals surface area contributed by atoms with Crippen molar-refractivity contribution < 1.29 is 0 Å². The minimum atomic E-state index is -0.167. The second-order valence-corrected chi connectivity index (χ2v) is 8.32. The molecule has 0 unspecified atom stereocenters. The highest BCUT2D eigenvalue weighted by Crippen LogP contribution is 2.47. The molecule has 4 rings (SSSR count). The third kappa shape index (κ3) is 2.25. The molecule has 1 aliphatic heterocycles. The Morgan fingerprint density at radius 2 is 1.88 bits per heavy atom. The third-order valence-electron chi connectivity index (χ3n) is 4.48. The number of fused-ring (bicyclic) bond motifs is 3. The summed E-state index contributed by atoms with van der Waals surface area (Å²) in [7, 11) is 0. The van der Waals surface area contributed by atoms with Gasteiger partial charge in [0.2, 0.25) is 0 Å². The molecule has 1 aromatic heterocycles. The molecule has 3 aromatic rings. The maximum Gasteiger partial charge on any atom is 0.129 e. The summed E-state index contributed by atoms with van der Waals surface area (Å²) in [5, 5.41) is 4.40. The third-order valence-corrected chi connectivity index (χ3v) is 6.85. The quantitative estimate of drug-likeness (QED) is 0.487. The lowest BCUT2D eigenvalue weighted by molar-refractivity contribution is 0.620.